The Morgan fingerprint density at radius 3 is 1.96 bits per heavy atom. The summed E-state index contributed by atoms with van der Waals surface area (Å²) in [5, 5.41) is 0. The highest BCUT2D eigenvalue weighted by Gasteiger charge is 2.15. The van der Waals surface area contributed by atoms with E-state index in [4.69, 9.17) is 14.2 Å². The lowest BCUT2D eigenvalue weighted by Gasteiger charge is -2.12. The molecular weight excluding hydrogens is 352 g/mol. The fraction of sp³-hybridized carbons (Fsp3) is 0.458. The molecule has 2 aromatic rings. The van der Waals surface area contributed by atoms with Gasteiger partial charge in [0.05, 0.1) is 6.61 Å². The molecule has 2 aromatic carbocycles. The van der Waals surface area contributed by atoms with Gasteiger partial charge in [-0.2, -0.15) is 0 Å². The minimum Gasteiger partial charge on any atom is -0.494 e. The maximum absolute atomic E-state index is 12.0. The number of esters is 1. The van der Waals surface area contributed by atoms with E-state index >= 15 is 0 Å². The molecule has 0 spiro atoms. The first-order valence-electron chi connectivity index (χ1n) is 10.2. The average Bonchev–Trinajstić information content (AvgIpc) is 2.72. The van der Waals surface area contributed by atoms with Crippen molar-refractivity contribution >= 4 is 5.97 Å². The van der Waals surface area contributed by atoms with Gasteiger partial charge in [-0.25, -0.2) is 4.79 Å². The number of hydrogen-bond donors (Lipinski definition) is 0. The lowest BCUT2D eigenvalue weighted by Crippen LogP contribution is -2.26. The second kappa shape index (κ2) is 11.5. The monoisotopic (exact) mass is 384 g/mol. The first-order chi connectivity index (χ1) is 13.5. The lowest BCUT2D eigenvalue weighted by atomic mass is 10.1. The van der Waals surface area contributed by atoms with E-state index in [9.17, 15) is 4.79 Å². The molecule has 2 rings (SSSR count). The topological polar surface area (TPSA) is 44.8 Å². The quantitative estimate of drug-likeness (QED) is 0.358. The molecule has 0 radical (unpaired) electrons. The van der Waals surface area contributed by atoms with Crippen LogP contribution in [0.5, 0.6) is 11.5 Å². The molecule has 0 bridgehead atoms. The molecule has 0 aliphatic heterocycles. The molecule has 0 unspecified atom stereocenters. The molecule has 0 fully saturated rings. The van der Waals surface area contributed by atoms with Gasteiger partial charge in [-0.3, -0.25) is 0 Å². The van der Waals surface area contributed by atoms with Gasteiger partial charge in [0.1, 0.15) is 11.5 Å². The third-order valence-electron chi connectivity index (χ3n) is 4.74. The van der Waals surface area contributed by atoms with E-state index in [0.717, 1.165) is 36.3 Å². The summed E-state index contributed by atoms with van der Waals surface area (Å²) in [4.78, 5) is 12.0. The normalized spacial score (nSPS) is 13.0. The first-order valence-corrected chi connectivity index (χ1v) is 10.2. The maximum Gasteiger partial charge on any atom is 0.340 e. The molecule has 2 atom stereocenters. The van der Waals surface area contributed by atoms with Gasteiger partial charge in [0.2, 0.25) is 0 Å². The highest BCUT2D eigenvalue weighted by atomic mass is 16.6. The van der Waals surface area contributed by atoms with Crippen molar-refractivity contribution in [3.8, 4) is 22.6 Å². The number of carbonyl (C=O) groups excluding carboxylic acids is 1. The standard InChI is InChI=1S/C24H32O4/c1-5-16-26-19(4)24(25)28-23-13-9-21(10-14-23)20-7-11-22(12-8-20)27-17-15-18(3)6-2/h7-14,18-19H,5-6,15-17H2,1-4H3/t18-,19-/m0/s1. The Bertz CT molecular complexity index is 706. The lowest BCUT2D eigenvalue weighted by molar-refractivity contribution is -0.146. The van der Waals surface area contributed by atoms with E-state index in [1.54, 1.807) is 19.1 Å². The van der Waals surface area contributed by atoms with E-state index in [1.807, 2.05) is 43.3 Å². The Hall–Kier alpha value is -2.33. The highest BCUT2D eigenvalue weighted by Crippen LogP contribution is 2.25. The van der Waals surface area contributed by atoms with Crippen LogP contribution in [0.15, 0.2) is 48.5 Å². The summed E-state index contributed by atoms with van der Waals surface area (Å²) in [6.07, 6.45) is 2.56. The molecule has 0 amide bonds. The van der Waals surface area contributed by atoms with Crippen LogP contribution in [-0.4, -0.2) is 25.3 Å². The number of benzene rings is 2. The van der Waals surface area contributed by atoms with E-state index in [1.165, 1.54) is 6.42 Å². The largest absolute Gasteiger partial charge is 0.494 e. The van der Waals surface area contributed by atoms with Gasteiger partial charge in [0, 0.05) is 6.61 Å². The molecule has 152 valence electrons. The van der Waals surface area contributed by atoms with Crippen LogP contribution >= 0.6 is 0 Å². The molecule has 0 aliphatic rings. The van der Waals surface area contributed by atoms with Crippen molar-refractivity contribution in [3.63, 3.8) is 0 Å². The summed E-state index contributed by atoms with van der Waals surface area (Å²) in [6.45, 7) is 9.45. The summed E-state index contributed by atoms with van der Waals surface area (Å²) >= 11 is 0. The molecule has 0 N–H and O–H groups in total. The van der Waals surface area contributed by atoms with Crippen molar-refractivity contribution in [3.05, 3.63) is 48.5 Å². The van der Waals surface area contributed by atoms with Crippen LogP contribution < -0.4 is 9.47 Å². The van der Waals surface area contributed by atoms with E-state index in [-0.39, 0.29) is 5.97 Å². The molecule has 4 heteroatoms. The zero-order chi connectivity index (χ0) is 20.4. The maximum atomic E-state index is 12.0. The summed E-state index contributed by atoms with van der Waals surface area (Å²) in [7, 11) is 0. The summed E-state index contributed by atoms with van der Waals surface area (Å²) < 4.78 is 16.6. The van der Waals surface area contributed by atoms with Crippen molar-refractivity contribution in [1.82, 2.24) is 0 Å². The molecule has 0 heterocycles. The third kappa shape index (κ3) is 7.01. The van der Waals surface area contributed by atoms with Crippen molar-refractivity contribution in [1.29, 1.82) is 0 Å². The average molecular weight is 385 g/mol. The van der Waals surface area contributed by atoms with Crippen LogP contribution in [0.3, 0.4) is 0 Å². The van der Waals surface area contributed by atoms with Crippen molar-refractivity contribution in [2.24, 2.45) is 5.92 Å². The van der Waals surface area contributed by atoms with Crippen molar-refractivity contribution in [2.75, 3.05) is 13.2 Å². The Morgan fingerprint density at radius 1 is 0.857 bits per heavy atom. The molecule has 0 saturated carbocycles. The van der Waals surface area contributed by atoms with Crippen molar-refractivity contribution in [2.45, 2.75) is 53.1 Å². The second-order valence-corrected chi connectivity index (χ2v) is 7.13. The number of ether oxygens (including phenoxy) is 3. The predicted octanol–water partition coefficient (Wildman–Crippen LogP) is 5.89. The summed E-state index contributed by atoms with van der Waals surface area (Å²) in [5.41, 5.74) is 2.15. The van der Waals surface area contributed by atoms with Gasteiger partial charge in [-0.1, -0.05) is 51.5 Å². The summed E-state index contributed by atoms with van der Waals surface area (Å²) in [5.74, 6) is 1.72. The third-order valence-corrected chi connectivity index (χ3v) is 4.74. The fourth-order valence-corrected chi connectivity index (χ4v) is 2.60. The molecule has 0 aliphatic carbocycles. The van der Waals surface area contributed by atoms with Crippen LogP contribution in [0.4, 0.5) is 0 Å². The molecule has 4 nitrogen and oxygen atoms in total. The number of rotatable bonds is 11. The Morgan fingerprint density at radius 2 is 1.43 bits per heavy atom. The van der Waals surface area contributed by atoms with E-state index < -0.39 is 6.10 Å². The first kappa shape index (κ1) is 22.0. The fourth-order valence-electron chi connectivity index (χ4n) is 2.60. The Kier molecular flexibility index (Phi) is 9.02. The SMILES string of the molecule is CCCO[C@@H](C)C(=O)Oc1ccc(-c2ccc(OCC[C@@H](C)CC)cc2)cc1. The summed E-state index contributed by atoms with van der Waals surface area (Å²) in [6, 6.07) is 15.6. The zero-order valence-corrected chi connectivity index (χ0v) is 17.4. The number of carbonyl (C=O) groups is 1. The minimum atomic E-state index is -0.563. The minimum absolute atomic E-state index is 0.375. The molecule has 0 aromatic heterocycles. The predicted molar refractivity (Wildman–Crippen MR) is 113 cm³/mol. The van der Waals surface area contributed by atoms with Gasteiger partial charge in [-0.15, -0.1) is 0 Å². The van der Waals surface area contributed by atoms with Crippen LogP contribution in [-0.2, 0) is 9.53 Å². The van der Waals surface area contributed by atoms with Gasteiger partial charge < -0.3 is 14.2 Å². The van der Waals surface area contributed by atoms with E-state index in [2.05, 4.69) is 13.8 Å². The molecular formula is C24H32O4. The second-order valence-electron chi connectivity index (χ2n) is 7.13. The van der Waals surface area contributed by atoms with Crippen LogP contribution in [0.25, 0.3) is 11.1 Å². The highest BCUT2D eigenvalue weighted by molar-refractivity contribution is 5.77. The Balaban J connectivity index is 1.89. The van der Waals surface area contributed by atoms with Crippen molar-refractivity contribution < 1.29 is 19.0 Å². The van der Waals surface area contributed by atoms with E-state index in [0.29, 0.717) is 18.3 Å². The van der Waals surface area contributed by atoms with Gasteiger partial charge in [0.25, 0.3) is 0 Å². The number of hydrogen-bond acceptors (Lipinski definition) is 4. The van der Waals surface area contributed by atoms with Crippen LogP contribution in [0.1, 0.15) is 47.0 Å². The molecule has 0 saturated heterocycles. The van der Waals surface area contributed by atoms with Gasteiger partial charge >= 0.3 is 5.97 Å². The van der Waals surface area contributed by atoms with Gasteiger partial charge in [0.15, 0.2) is 6.10 Å². The zero-order valence-electron chi connectivity index (χ0n) is 17.4. The molecule has 28 heavy (non-hydrogen) atoms. The van der Waals surface area contributed by atoms with Crippen LogP contribution in [0, 0.1) is 5.92 Å². The smallest absolute Gasteiger partial charge is 0.340 e. The van der Waals surface area contributed by atoms with Gasteiger partial charge in [-0.05, 0) is 61.1 Å². The Labute approximate surface area is 168 Å². The van der Waals surface area contributed by atoms with Crippen LogP contribution in [0.2, 0.25) is 0 Å².